The molecular weight excluding hydrogens is 370 g/mol. The number of sulfonamides is 1. The van der Waals surface area contributed by atoms with Crippen molar-refractivity contribution in [3.8, 4) is 0 Å². The number of carboxylic acids is 1. The Hall–Kier alpha value is -2.50. The summed E-state index contributed by atoms with van der Waals surface area (Å²) >= 11 is 0.906. The number of amides is 1. The van der Waals surface area contributed by atoms with Gasteiger partial charge in [0.1, 0.15) is 0 Å². The number of carbonyl (C=O) groups is 2. The van der Waals surface area contributed by atoms with E-state index in [1.54, 1.807) is 18.2 Å². The summed E-state index contributed by atoms with van der Waals surface area (Å²) in [5.41, 5.74) is 0.0915. The lowest BCUT2D eigenvalue weighted by atomic mass is 10.3. The second-order valence-corrected chi connectivity index (χ2v) is 7.46. The Morgan fingerprint density at radius 1 is 1.24 bits per heavy atom. The number of thiazole rings is 1. The average molecular weight is 385 g/mol. The van der Waals surface area contributed by atoms with E-state index in [0.29, 0.717) is 4.73 Å². The molecule has 1 aromatic heterocycles. The molecule has 9 nitrogen and oxygen atoms in total. The highest BCUT2D eigenvalue weighted by Crippen LogP contribution is 2.07. The topological polar surface area (TPSA) is 138 Å². The van der Waals surface area contributed by atoms with Gasteiger partial charge in [-0.2, -0.15) is 9.72 Å². The molecule has 0 atom stereocenters. The highest BCUT2D eigenvalue weighted by molar-refractivity contribution is 7.89. The number of rotatable bonds is 7. The van der Waals surface area contributed by atoms with Crippen LogP contribution in [0.2, 0.25) is 0 Å². The number of nitrogens with zero attached hydrogens (tertiary/aromatic N) is 2. The van der Waals surface area contributed by atoms with Crippen molar-refractivity contribution in [3.05, 3.63) is 46.2 Å². The lowest BCUT2D eigenvalue weighted by Crippen LogP contribution is -2.26. The molecule has 0 spiro atoms. The Kier molecular flexibility index (Phi) is 6.07. The summed E-state index contributed by atoms with van der Waals surface area (Å²) in [6, 6.07) is 7.71. The van der Waals surface area contributed by atoms with Crippen LogP contribution in [0, 0.1) is 0 Å². The maximum atomic E-state index is 12.0. The Balaban J connectivity index is 1.97. The SMILES string of the molecule is O=C(O)Cc1csc(=NC(=O)CCNS(=O)(=O)c2ccccc2)n1O. The predicted molar refractivity (Wildman–Crippen MR) is 87.7 cm³/mol. The van der Waals surface area contributed by atoms with Gasteiger partial charge in [-0.25, -0.2) is 13.1 Å². The molecule has 0 aliphatic rings. The van der Waals surface area contributed by atoms with Crippen LogP contribution in [0.15, 0.2) is 45.6 Å². The van der Waals surface area contributed by atoms with E-state index in [1.165, 1.54) is 17.5 Å². The minimum atomic E-state index is -3.71. The number of carboxylic acid groups (broad SMARTS) is 1. The smallest absolute Gasteiger partial charge is 0.309 e. The summed E-state index contributed by atoms with van der Waals surface area (Å²) in [6.07, 6.45) is -0.619. The van der Waals surface area contributed by atoms with Gasteiger partial charge in [0.05, 0.1) is 17.0 Å². The zero-order valence-electron chi connectivity index (χ0n) is 12.8. The Morgan fingerprint density at radius 3 is 2.56 bits per heavy atom. The fourth-order valence-electron chi connectivity index (χ4n) is 1.83. The fraction of sp³-hybridized carbons (Fsp3) is 0.214. The van der Waals surface area contributed by atoms with Gasteiger partial charge in [0.2, 0.25) is 20.7 Å². The van der Waals surface area contributed by atoms with Crippen molar-refractivity contribution in [2.75, 3.05) is 6.54 Å². The molecule has 0 aliphatic carbocycles. The van der Waals surface area contributed by atoms with Gasteiger partial charge >= 0.3 is 5.97 Å². The molecule has 0 saturated carbocycles. The van der Waals surface area contributed by atoms with Crippen LogP contribution < -0.4 is 9.52 Å². The third-order valence-corrected chi connectivity index (χ3v) is 5.33. The monoisotopic (exact) mass is 385 g/mol. The zero-order chi connectivity index (χ0) is 18.4. The van der Waals surface area contributed by atoms with Gasteiger partial charge in [0.15, 0.2) is 0 Å². The summed E-state index contributed by atoms with van der Waals surface area (Å²) in [5.74, 6) is -1.78. The molecule has 25 heavy (non-hydrogen) atoms. The van der Waals surface area contributed by atoms with Crippen molar-refractivity contribution >= 4 is 33.2 Å². The molecule has 0 fully saturated rings. The minimum absolute atomic E-state index is 0.0767. The first-order valence-electron chi connectivity index (χ1n) is 7.02. The molecule has 1 amide bonds. The van der Waals surface area contributed by atoms with Gasteiger partial charge < -0.3 is 10.3 Å². The van der Waals surface area contributed by atoms with Gasteiger partial charge in [-0.05, 0) is 12.1 Å². The Bertz CT molecular complexity index is 931. The van der Waals surface area contributed by atoms with Gasteiger partial charge in [-0.1, -0.05) is 18.2 Å². The molecule has 0 bridgehead atoms. The molecule has 11 heteroatoms. The molecule has 0 saturated heterocycles. The lowest BCUT2D eigenvalue weighted by molar-refractivity contribution is -0.136. The van der Waals surface area contributed by atoms with Crippen LogP contribution in [0.25, 0.3) is 0 Å². The van der Waals surface area contributed by atoms with Gasteiger partial charge in [0.25, 0.3) is 0 Å². The Morgan fingerprint density at radius 2 is 1.92 bits per heavy atom. The van der Waals surface area contributed by atoms with Crippen LogP contribution in [0.4, 0.5) is 0 Å². The van der Waals surface area contributed by atoms with Gasteiger partial charge in [0, 0.05) is 18.3 Å². The summed E-state index contributed by atoms with van der Waals surface area (Å²) in [4.78, 5) is 26.1. The van der Waals surface area contributed by atoms with Crippen LogP contribution in [0.5, 0.6) is 0 Å². The van der Waals surface area contributed by atoms with Crippen molar-refractivity contribution < 1.29 is 28.3 Å². The van der Waals surface area contributed by atoms with Crippen molar-refractivity contribution in [2.45, 2.75) is 17.7 Å². The molecule has 0 radical (unpaired) electrons. The molecular formula is C14H15N3O6S2. The molecule has 2 rings (SSSR count). The fourth-order valence-corrected chi connectivity index (χ4v) is 3.68. The molecule has 134 valence electrons. The first kappa shape index (κ1) is 18.8. The van der Waals surface area contributed by atoms with E-state index < -0.39 is 28.3 Å². The van der Waals surface area contributed by atoms with Crippen LogP contribution >= 0.6 is 11.3 Å². The van der Waals surface area contributed by atoms with E-state index in [-0.39, 0.29) is 28.4 Å². The van der Waals surface area contributed by atoms with Crippen LogP contribution in [0.1, 0.15) is 12.1 Å². The van der Waals surface area contributed by atoms with Gasteiger partial charge in [-0.3, -0.25) is 9.59 Å². The second-order valence-electron chi connectivity index (χ2n) is 4.86. The second kappa shape index (κ2) is 8.05. The number of aliphatic carboxylic acids is 1. The first-order chi connectivity index (χ1) is 11.8. The van der Waals surface area contributed by atoms with Crippen molar-refractivity contribution in [2.24, 2.45) is 4.99 Å². The molecule has 0 aliphatic heterocycles. The first-order valence-corrected chi connectivity index (χ1v) is 9.38. The number of nitrogens with one attached hydrogen (secondary N) is 1. The quantitative estimate of drug-likeness (QED) is 0.583. The highest BCUT2D eigenvalue weighted by atomic mass is 32.2. The van der Waals surface area contributed by atoms with Crippen molar-refractivity contribution in [1.82, 2.24) is 9.45 Å². The summed E-state index contributed by atoms with van der Waals surface area (Å²) in [5, 5.41) is 19.8. The summed E-state index contributed by atoms with van der Waals surface area (Å²) < 4.78 is 26.8. The summed E-state index contributed by atoms with van der Waals surface area (Å²) in [7, 11) is -3.71. The molecule has 2 aromatic rings. The third kappa shape index (κ3) is 5.24. The number of benzene rings is 1. The van der Waals surface area contributed by atoms with E-state index >= 15 is 0 Å². The van der Waals surface area contributed by atoms with Crippen molar-refractivity contribution in [3.63, 3.8) is 0 Å². The van der Waals surface area contributed by atoms with E-state index in [9.17, 15) is 23.2 Å². The largest absolute Gasteiger partial charge is 0.481 e. The minimum Gasteiger partial charge on any atom is -0.481 e. The van der Waals surface area contributed by atoms with Crippen molar-refractivity contribution in [1.29, 1.82) is 0 Å². The molecule has 3 N–H and O–H groups in total. The Labute approximate surface area is 146 Å². The third-order valence-electron chi connectivity index (χ3n) is 2.99. The number of aromatic nitrogens is 1. The number of carbonyl (C=O) groups excluding carboxylic acids is 1. The maximum absolute atomic E-state index is 12.0. The average Bonchev–Trinajstić information content (AvgIpc) is 2.88. The lowest BCUT2D eigenvalue weighted by Gasteiger charge is -2.04. The van der Waals surface area contributed by atoms with E-state index in [1.807, 2.05) is 0 Å². The molecule has 0 unspecified atom stereocenters. The van der Waals surface area contributed by atoms with Crippen LogP contribution in [-0.4, -0.2) is 41.9 Å². The zero-order valence-corrected chi connectivity index (χ0v) is 14.5. The highest BCUT2D eigenvalue weighted by Gasteiger charge is 2.14. The standard InChI is InChI=1S/C14H15N3O6S2/c18-12(16-14-17(21)10(9-24-14)8-13(19)20)6-7-15-25(22,23)11-4-2-1-3-5-11/h1-5,9,15,21H,6-8H2,(H,19,20). The van der Waals surface area contributed by atoms with Gasteiger partial charge in [-0.15, -0.1) is 11.3 Å². The number of hydrogen-bond donors (Lipinski definition) is 3. The normalized spacial score (nSPS) is 12.2. The maximum Gasteiger partial charge on any atom is 0.309 e. The molecule has 1 heterocycles. The molecule has 1 aromatic carbocycles. The van der Waals surface area contributed by atoms with E-state index in [2.05, 4.69) is 9.71 Å². The summed E-state index contributed by atoms with van der Waals surface area (Å²) in [6.45, 7) is -0.154. The van der Waals surface area contributed by atoms with E-state index in [0.717, 1.165) is 11.3 Å². The van der Waals surface area contributed by atoms with Crippen LogP contribution in [0.3, 0.4) is 0 Å². The van der Waals surface area contributed by atoms with Crippen LogP contribution in [-0.2, 0) is 26.0 Å². The number of hydrogen-bond acceptors (Lipinski definition) is 6. The predicted octanol–water partition coefficient (Wildman–Crippen LogP) is 0.210. The van der Waals surface area contributed by atoms with E-state index in [4.69, 9.17) is 5.11 Å².